The van der Waals surface area contributed by atoms with E-state index in [0.29, 0.717) is 16.3 Å². The Labute approximate surface area is 161 Å². The van der Waals surface area contributed by atoms with Crippen molar-refractivity contribution in [3.8, 4) is 17.3 Å². The van der Waals surface area contributed by atoms with Gasteiger partial charge in [-0.25, -0.2) is 4.98 Å². The van der Waals surface area contributed by atoms with Crippen LogP contribution in [0, 0.1) is 25.0 Å². The first kappa shape index (κ1) is 17.3. The van der Waals surface area contributed by atoms with Gasteiger partial charge in [-0.05, 0) is 58.5 Å². The molecule has 0 saturated heterocycles. The minimum atomic E-state index is -0.437. The molecule has 5 nitrogen and oxygen atoms in total. The molecule has 0 aliphatic heterocycles. The van der Waals surface area contributed by atoms with Crippen molar-refractivity contribution >= 4 is 51.3 Å². The Balaban J connectivity index is 1.90. The summed E-state index contributed by atoms with van der Waals surface area (Å²) in [5.41, 5.74) is 2.93. The molecule has 0 aliphatic carbocycles. The van der Waals surface area contributed by atoms with Crippen LogP contribution < -0.4 is 0 Å². The molecule has 1 aromatic heterocycles. The van der Waals surface area contributed by atoms with Crippen LogP contribution in [-0.2, 0) is 0 Å². The van der Waals surface area contributed by atoms with Gasteiger partial charge >= 0.3 is 0 Å². The number of nitro groups is 1. The number of halogens is 1. The van der Waals surface area contributed by atoms with E-state index in [1.165, 1.54) is 23.5 Å². The SMILES string of the molecule is N#C/C(=C\c1ccc(I)cc1)c1nc(-c2ccc([N+](=O)[O-])cc2)cs1. The average Bonchev–Trinajstić information content (AvgIpc) is 3.11. The van der Waals surface area contributed by atoms with E-state index >= 15 is 0 Å². The molecule has 0 bridgehead atoms. The van der Waals surface area contributed by atoms with E-state index in [1.54, 1.807) is 18.2 Å². The zero-order chi connectivity index (χ0) is 17.8. The molecular formula is C18H10IN3O2S. The second kappa shape index (κ2) is 7.55. The van der Waals surface area contributed by atoms with Gasteiger partial charge in [0.2, 0.25) is 0 Å². The van der Waals surface area contributed by atoms with E-state index < -0.39 is 4.92 Å². The third kappa shape index (κ3) is 4.10. The molecule has 0 fully saturated rings. The molecule has 0 atom stereocenters. The number of hydrogen-bond donors (Lipinski definition) is 0. The minimum Gasteiger partial charge on any atom is -0.258 e. The normalized spacial score (nSPS) is 11.1. The number of nitrogens with zero attached hydrogens (tertiary/aromatic N) is 3. The van der Waals surface area contributed by atoms with Crippen molar-refractivity contribution in [2.24, 2.45) is 0 Å². The van der Waals surface area contributed by atoms with Crippen molar-refractivity contribution in [1.29, 1.82) is 5.26 Å². The predicted molar refractivity (Wildman–Crippen MR) is 107 cm³/mol. The summed E-state index contributed by atoms with van der Waals surface area (Å²) in [4.78, 5) is 14.8. The molecule has 1 heterocycles. The van der Waals surface area contributed by atoms with Gasteiger partial charge in [0, 0.05) is 26.6 Å². The third-order valence-electron chi connectivity index (χ3n) is 3.41. The number of thiazole rings is 1. The maximum Gasteiger partial charge on any atom is 0.269 e. The van der Waals surface area contributed by atoms with Gasteiger partial charge in [-0.15, -0.1) is 11.3 Å². The quantitative estimate of drug-likeness (QED) is 0.227. The number of benzene rings is 2. The molecule has 0 spiro atoms. The second-order valence-electron chi connectivity index (χ2n) is 5.06. The monoisotopic (exact) mass is 459 g/mol. The molecule has 122 valence electrons. The lowest BCUT2D eigenvalue weighted by Crippen LogP contribution is -1.87. The highest BCUT2D eigenvalue weighted by Crippen LogP contribution is 2.28. The maximum atomic E-state index is 10.7. The van der Waals surface area contributed by atoms with Crippen LogP contribution in [0.25, 0.3) is 22.9 Å². The lowest BCUT2D eigenvalue weighted by Gasteiger charge is -1.97. The molecule has 0 saturated carbocycles. The molecule has 0 amide bonds. The minimum absolute atomic E-state index is 0.0375. The van der Waals surface area contributed by atoms with Crippen LogP contribution in [0.1, 0.15) is 10.6 Å². The van der Waals surface area contributed by atoms with Crippen molar-refractivity contribution in [2.45, 2.75) is 0 Å². The number of nitriles is 1. The summed E-state index contributed by atoms with van der Waals surface area (Å²) in [6, 6.07) is 16.2. The first-order chi connectivity index (χ1) is 12.1. The van der Waals surface area contributed by atoms with E-state index in [2.05, 4.69) is 33.6 Å². The second-order valence-corrected chi connectivity index (χ2v) is 7.17. The van der Waals surface area contributed by atoms with Crippen molar-refractivity contribution in [2.75, 3.05) is 0 Å². The Hall–Kier alpha value is -2.57. The van der Waals surface area contributed by atoms with Gasteiger partial charge in [0.25, 0.3) is 5.69 Å². The van der Waals surface area contributed by atoms with Gasteiger partial charge in [0.1, 0.15) is 11.1 Å². The smallest absolute Gasteiger partial charge is 0.258 e. The Morgan fingerprint density at radius 1 is 1.20 bits per heavy atom. The number of nitro benzene ring substituents is 1. The third-order valence-corrected chi connectivity index (χ3v) is 5.00. The molecule has 0 N–H and O–H groups in total. The Morgan fingerprint density at radius 3 is 2.48 bits per heavy atom. The Morgan fingerprint density at radius 2 is 1.88 bits per heavy atom. The Bertz CT molecular complexity index is 986. The lowest BCUT2D eigenvalue weighted by atomic mass is 10.1. The van der Waals surface area contributed by atoms with Gasteiger partial charge in [0.05, 0.1) is 16.2 Å². The molecule has 7 heteroatoms. The standard InChI is InChI=1S/C18H10IN3O2S/c19-15-5-1-12(2-6-15)9-14(10-20)18-21-17(11-25-18)13-3-7-16(8-4-13)22(23)24/h1-9,11H/b14-9+. The largest absolute Gasteiger partial charge is 0.269 e. The van der Waals surface area contributed by atoms with E-state index in [1.807, 2.05) is 29.6 Å². The topological polar surface area (TPSA) is 79.8 Å². The van der Waals surface area contributed by atoms with Gasteiger partial charge < -0.3 is 0 Å². The van der Waals surface area contributed by atoms with E-state index in [-0.39, 0.29) is 5.69 Å². The number of rotatable bonds is 4. The van der Waals surface area contributed by atoms with Crippen LogP contribution in [-0.4, -0.2) is 9.91 Å². The van der Waals surface area contributed by atoms with Crippen LogP contribution in [0.4, 0.5) is 5.69 Å². The molecule has 0 aliphatic rings. The van der Waals surface area contributed by atoms with E-state index in [4.69, 9.17) is 0 Å². The zero-order valence-electron chi connectivity index (χ0n) is 12.7. The van der Waals surface area contributed by atoms with Crippen molar-refractivity contribution in [3.63, 3.8) is 0 Å². The highest BCUT2D eigenvalue weighted by molar-refractivity contribution is 14.1. The average molecular weight is 459 g/mol. The molecular weight excluding hydrogens is 449 g/mol. The summed E-state index contributed by atoms with van der Waals surface area (Å²) in [5, 5.41) is 22.6. The highest BCUT2D eigenvalue weighted by atomic mass is 127. The number of aromatic nitrogens is 1. The summed E-state index contributed by atoms with van der Waals surface area (Å²) < 4.78 is 1.13. The van der Waals surface area contributed by atoms with Gasteiger partial charge in [-0.2, -0.15) is 5.26 Å². The van der Waals surface area contributed by atoms with Crippen LogP contribution in [0.2, 0.25) is 0 Å². The van der Waals surface area contributed by atoms with Crippen LogP contribution in [0.15, 0.2) is 53.9 Å². The molecule has 0 unspecified atom stereocenters. The van der Waals surface area contributed by atoms with Crippen LogP contribution >= 0.6 is 33.9 Å². The van der Waals surface area contributed by atoms with Crippen LogP contribution in [0.3, 0.4) is 0 Å². The summed E-state index contributed by atoms with van der Waals surface area (Å²) in [6.07, 6.45) is 1.80. The van der Waals surface area contributed by atoms with Crippen molar-refractivity contribution < 1.29 is 4.92 Å². The van der Waals surface area contributed by atoms with Gasteiger partial charge in [-0.1, -0.05) is 12.1 Å². The first-order valence-corrected chi connectivity index (χ1v) is 9.11. The number of allylic oxidation sites excluding steroid dienone is 1. The molecule has 25 heavy (non-hydrogen) atoms. The van der Waals surface area contributed by atoms with Gasteiger partial charge in [-0.3, -0.25) is 10.1 Å². The summed E-state index contributed by atoms with van der Waals surface area (Å²) >= 11 is 3.60. The van der Waals surface area contributed by atoms with Crippen molar-refractivity contribution in [3.05, 3.63) is 78.2 Å². The predicted octanol–water partition coefficient (Wildman–Crippen LogP) is 5.39. The zero-order valence-corrected chi connectivity index (χ0v) is 15.7. The van der Waals surface area contributed by atoms with E-state index in [0.717, 1.165) is 14.7 Å². The molecule has 2 aromatic carbocycles. The summed E-state index contributed by atoms with van der Waals surface area (Å²) in [6.45, 7) is 0. The number of hydrogen-bond acceptors (Lipinski definition) is 5. The first-order valence-electron chi connectivity index (χ1n) is 7.15. The van der Waals surface area contributed by atoms with Crippen LogP contribution in [0.5, 0.6) is 0 Å². The highest BCUT2D eigenvalue weighted by Gasteiger charge is 2.11. The van der Waals surface area contributed by atoms with Crippen molar-refractivity contribution in [1.82, 2.24) is 4.98 Å². The van der Waals surface area contributed by atoms with E-state index in [9.17, 15) is 15.4 Å². The number of non-ortho nitro benzene ring substituents is 1. The fourth-order valence-corrected chi connectivity index (χ4v) is 3.31. The molecule has 0 radical (unpaired) electrons. The lowest BCUT2D eigenvalue weighted by molar-refractivity contribution is -0.384. The maximum absolute atomic E-state index is 10.7. The fourth-order valence-electron chi connectivity index (χ4n) is 2.15. The summed E-state index contributed by atoms with van der Waals surface area (Å²) in [7, 11) is 0. The fraction of sp³-hybridized carbons (Fsp3) is 0. The molecule has 3 aromatic rings. The molecule has 3 rings (SSSR count). The summed E-state index contributed by atoms with van der Waals surface area (Å²) in [5.74, 6) is 0. The van der Waals surface area contributed by atoms with Gasteiger partial charge in [0.15, 0.2) is 0 Å². The Kier molecular flexibility index (Phi) is 5.21.